The Morgan fingerprint density at radius 3 is 3.00 bits per heavy atom. The highest BCUT2D eigenvalue weighted by Gasteiger charge is 2.22. The lowest BCUT2D eigenvalue weighted by molar-refractivity contribution is -0.124. The lowest BCUT2D eigenvalue weighted by Crippen LogP contribution is -2.49. The van der Waals surface area contributed by atoms with Crippen molar-refractivity contribution in [2.75, 3.05) is 19.7 Å². The van der Waals surface area contributed by atoms with E-state index in [0.29, 0.717) is 5.92 Å². The summed E-state index contributed by atoms with van der Waals surface area (Å²) in [6, 6.07) is 3.09. The lowest BCUT2D eigenvalue weighted by atomic mass is 9.95. The molecule has 0 saturated carbocycles. The molecule has 1 saturated heterocycles. The fourth-order valence-electron chi connectivity index (χ4n) is 2.21. The minimum Gasteiger partial charge on any atom is -0.481 e. The van der Waals surface area contributed by atoms with Crippen LogP contribution in [0.5, 0.6) is 5.75 Å². The molecule has 0 bridgehead atoms. The number of amides is 1. The van der Waals surface area contributed by atoms with E-state index in [2.05, 4.69) is 17.6 Å². The Hall–Kier alpha value is -1.69. The summed E-state index contributed by atoms with van der Waals surface area (Å²) in [6.45, 7) is 3.50. The van der Waals surface area contributed by atoms with Crippen LogP contribution in [-0.4, -0.2) is 31.6 Å². The summed E-state index contributed by atoms with van der Waals surface area (Å²) in [5.41, 5.74) is 0. The van der Waals surface area contributed by atoms with Gasteiger partial charge >= 0.3 is 0 Å². The van der Waals surface area contributed by atoms with Crippen molar-refractivity contribution in [3.05, 3.63) is 29.8 Å². The summed E-state index contributed by atoms with van der Waals surface area (Å²) < 4.78 is 31.1. The highest BCUT2D eigenvalue weighted by molar-refractivity contribution is 5.77. The highest BCUT2D eigenvalue weighted by Crippen LogP contribution is 2.17. The van der Waals surface area contributed by atoms with Crippen molar-refractivity contribution in [2.45, 2.75) is 19.4 Å². The standard InChI is InChI=1S/C14H18F2N2O2/c1-9-7-17-5-4-12(9)18-14(19)8-20-13-3-2-10(15)6-11(13)16/h2-3,6,9,12,17H,4-5,7-8H2,1H3,(H,18,19). The summed E-state index contributed by atoms with van der Waals surface area (Å²) in [4.78, 5) is 11.8. The fraction of sp³-hybridized carbons (Fsp3) is 0.500. The molecular weight excluding hydrogens is 266 g/mol. The van der Waals surface area contributed by atoms with Crippen molar-refractivity contribution in [2.24, 2.45) is 5.92 Å². The Kier molecular flexibility index (Phi) is 4.89. The third-order valence-electron chi connectivity index (χ3n) is 3.38. The van der Waals surface area contributed by atoms with Crippen LogP contribution in [0.25, 0.3) is 0 Å². The predicted octanol–water partition coefficient (Wildman–Crippen LogP) is 1.46. The lowest BCUT2D eigenvalue weighted by Gasteiger charge is -2.30. The van der Waals surface area contributed by atoms with Gasteiger partial charge in [-0.15, -0.1) is 0 Å². The maximum atomic E-state index is 13.3. The molecule has 6 heteroatoms. The van der Waals surface area contributed by atoms with Gasteiger partial charge in [0.05, 0.1) is 0 Å². The van der Waals surface area contributed by atoms with E-state index in [0.717, 1.165) is 31.6 Å². The van der Waals surface area contributed by atoms with E-state index in [1.54, 1.807) is 0 Å². The molecule has 0 spiro atoms. The molecule has 1 heterocycles. The van der Waals surface area contributed by atoms with Gasteiger partial charge in [0.2, 0.25) is 0 Å². The first-order valence-electron chi connectivity index (χ1n) is 6.64. The van der Waals surface area contributed by atoms with Crippen LogP contribution in [0.15, 0.2) is 18.2 Å². The van der Waals surface area contributed by atoms with Crippen molar-refractivity contribution in [1.82, 2.24) is 10.6 Å². The topological polar surface area (TPSA) is 50.4 Å². The van der Waals surface area contributed by atoms with Gasteiger partial charge in [-0.1, -0.05) is 6.92 Å². The van der Waals surface area contributed by atoms with Crippen LogP contribution >= 0.6 is 0 Å². The number of carbonyl (C=O) groups is 1. The number of ether oxygens (including phenoxy) is 1. The molecule has 4 nitrogen and oxygen atoms in total. The zero-order chi connectivity index (χ0) is 14.5. The van der Waals surface area contributed by atoms with E-state index < -0.39 is 11.6 Å². The molecule has 1 aliphatic heterocycles. The fourth-order valence-corrected chi connectivity index (χ4v) is 2.21. The Morgan fingerprint density at radius 2 is 2.30 bits per heavy atom. The molecule has 20 heavy (non-hydrogen) atoms. The monoisotopic (exact) mass is 284 g/mol. The molecule has 2 rings (SSSR count). The normalized spacial score (nSPS) is 22.4. The molecular formula is C14H18F2N2O2. The molecule has 0 aliphatic carbocycles. The number of benzene rings is 1. The molecule has 2 atom stereocenters. The zero-order valence-electron chi connectivity index (χ0n) is 11.3. The van der Waals surface area contributed by atoms with Crippen molar-refractivity contribution >= 4 is 5.91 Å². The molecule has 0 radical (unpaired) electrons. The first kappa shape index (κ1) is 14.7. The summed E-state index contributed by atoms with van der Waals surface area (Å²) >= 11 is 0. The maximum absolute atomic E-state index is 13.3. The molecule has 1 aromatic carbocycles. The summed E-state index contributed by atoms with van der Waals surface area (Å²) in [6.07, 6.45) is 0.859. The first-order valence-corrected chi connectivity index (χ1v) is 6.64. The van der Waals surface area contributed by atoms with Gasteiger partial charge in [0.1, 0.15) is 5.82 Å². The van der Waals surface area contributed by atoms with Crippen LogP contribution in [0.4, 0.5) is 8.78 Å². The summed E-state index contributed by atoms with van der Waals surface area (Å²) in [5, 5.41) is 6.11. The van der Waals surface area contributed by atoms with E-state index in [1.807, 2.05) is 0 Å². The van der Waals surface area contributed by atoms with Crippen LogP contribution in [-0.2, 0) is 4.79 Å². The van der Waals surface area contributed by atoms with Crippen LogP contribution in [0.2, 0.25) is 0 Å². The molecule has 1 amide bonds. The predicted molar refractivity (Wildman–Crippen MR) is 70.4 cm³/mol. The second-order valence-electron chi connectivity index (χ2n) is 5.01. The average Bonchev–Trinajstić information content (AvgIpc) is 2.40. The minimum absolute atomic E-state index is 0.102. The second-order valence-corrected chi connectivity index (χ2v) is 5.01. The van der Waals surface area contributed by atoms with Gasteiger partial charge in [0.15, 0.2) is 18.2 Å². The van der Waals surface area contributed by atoms with E-state index in [-0.39, 0.29) is 24.3 Å². The number of nitrogens with one attached hydrogen (secondary N) is 2. The van der Waals surface area contributed by atoms with Crippen molar-refractivity contribution in [3.63, 3.8) is 0 Å². The van der Waals surface area contributed by atoms with Crippen LogP contribution in [0, 0.1) is 17.6 Å². The molecule has 1 aromatic rings. The van der Waals surface area contributed by atoms with Gasteiger partial charge in [-0.05, 0) is 37.6 Å². The summed E-state index contributed by atoms with van der Waals surface area (Å²) in [7, 11) is 0. The zero-order valence-corrected chi connectivity index (χ0v) is 11.3. The van der Waals surface area contributed by atoms with Gasteiger partial charge in [-0.25, -0.2) is 8.78 Å². The molecule has 0 aromatic heterocycles. The third-order valence-corrected chi connectivity index (χ3v) is 3.38. The number of hydrogen-bond donors (Lipinski definition) is 2. The van der Waals surface area contributed by atoms with Gasteiger partial charge in [-0.2, -0.15) is 0 Å². The Morgan fingerprint density at radius 1 is 1.50 bits per heavy atom. The van der Waals surface area contributed by atoms with E-state index >= 15 is 0 Å². The third kappa shape index (κ3) is 3.90. The molecule has 2 unspecified atom stereocenters. The molecule has 110 valence electrons. The van der Waals surface area contributed by atoms with Crippen LogP contribution in [0.1, 0.15) is 13.3 Å². The van der Waals surface area contributed by atoms with Crippen molar-refractivity contribution in [1.29, 1.82) is 0 Å². The van der Waals surface area contributed by atoms with E-state index in [1.165, 1.54) is 6.07 Å². The van der Waals surface area contributed by atoms with E-state index in [9.17, 15) is 13.6 Å². The molecule has 2 N–H and O–H groups in total. The number of carbonyl (C=O) groups excluding carboxylic acids is 1. The Balaban J connectivity index is 1.82. The number of halogens is 2. The van der Waals surface area contributed by atoms with Crippen LogP contribution < -0.4 is 15.4 Å². The van der Waals surface area contributed by atoms with Crippen molar-refractivity contribution < 1.29 is 18.3 Å². The van der Waals surface area contributed by atoms with Gasteiger partial charge in [0, 0.05) is 12.1 Å². The summed E-state index contributed by atoms with van der Waals surface area (Å²) in [5.74, 6) is -1.57. The average molecular weight is 284 g/mol. The van der Waals surface area contributed by atoms with Gasteiger partial charge in [-0.3, -0.25) is 4.79 Å². The van der Waals surface area contributed by atoms with Gasteiger partial charge < -0.3 is 15.4 Å². The quantitative estimate of drug-likeness (QED) is 0.880. The van der Waals surface area contributed by atoms with Crippen LogP contribution in [0.3, 0.4) is 0 Å². The largest absolute Gasteiger partial charge is 0.481 e. The second kappa shape index (κ2) is 6.65. The Bertz CT molecular complexity index is 482. The smallest absolute Gasteiger partial charge is 0.258 e. The van der Waals surface area contributed by atoms with E-state index in [4.69, 9.17) is 4.74 Å². The number of hydrogen-bond acceptors (Lipinski definition) is 3. The minimum atomic E-state index is -0.812. The first-order chi connectivity index (χ1) is 9.56. The number of piperidine rings is 1. The van der Waals surface area contributed by atoms with Crippen molar-refractivity contribution in [3.8, 4) is 5.75 Å². The maximum Gasteiger partial charge on any atom is 0.258 e. The molecule has 1 fully saturated rings. The van der Waals surface area contributed by atoms with Gasteiger partial charge in [0.25, 0.3) is 5.91 Å². The SMILES string of the molecule is CC1CNCCC1NC(=O)COc1ccc(F)cc1F. The molecule has 1 aliphatic rings. The highest BCUT2D eigenvalue weighted by atomic mass is 19.1. The number of rotatable bonds is 4. The Labute approximate surface area is 116 Å².